The lowest BCUT2D eigenvalue weighted by molar-refractivity contribution is -0.118. The molecule has 0 radical (unpaired) electrons. The molecule has 1 saturated heterocycles. The second-order valence-electron chi connectivity index (χ2n) is 12.1. The van der Waals surface area contributed by atoms with Crippen LogP contribution < -0.4 is 15.4 Å². The highest BCUT2D eigenvalue weighted by molar-refractivity contribution is 6.05. The summed E-state index contributed by atoms with van der Waals surface area (Å²) in [7, 11) is 1.86. The number of hydrogen-bond donors (Lipinski definition) is 2. The van der Waals surface area contributed by atoms with Crippen LogP contribution in [0.3, 0.4) is 0 Å². The molecule has 5 heterocycles. The minimum absolute atomic E-state index is 0.0719. The average Bonchev–Trinajstić information content (AvgIpc) is 3.71. The predicted octanol–water partition coefficient (Wildman–Crippen LogP) is 3.86. The number of hydrogen-bond acceptors (Lipinski definition) is 8. The maximum Gasteiger partial charge on any atom is 0.258 e. The van der Waals surface area contributed by atoms with Crippen molar-refractivity contribution in [1.29, 1.82) is 0 Å². The van der Waals surface area contributed by atoms with Gasteiger partial charge in [0.1, 0.15) is 0 Å². The first kappa shape index (κ1) is 28.5. The Morgan fingerprint density at radius 3 is 2.73 bits per heavy atom. The Kier molecular flexibility index (Phi) is 7.77. The number of pyridine rings is 1. The first-order chi connectivity index (χ1) is 21.4. The van der Waals surface area contributed by atoms with Crippen molar-refractivity contribution in [2.75, 3.05) is 50.1 Å². The van der Waals surface area contributed by atoms with Crippen LogP contribution in [-0.4, -0.2) is 80.5 Å². The molecule has 0 spiro atoms. The SMILES string of the molecule is Cc1cc2cc(n1)-c1cnn(C)c1OCCCC(C1CC1)Cn1c(nc3cc(NC(=O)CN4CCOCC4)ccc31)NC2=O. The summed E-state index contributed by atoms with van der Waals surface area (Å²) in [4.78, 5) is 38.2. The number of nitrogens with one attached hydrogen (secondary N) is 2. The van der Waals surface area contributed by atoms with Gasteiger partial charge in [-0.05, 0) is 74.8 Å². The molecule has 2 amide bonds. The second-order valence-corrected chi connectivity index (χ2v) is 12.1. The quantitative estimate of drug-likeness (QED) is 0.363. The highest BCUT2D eigenvalue weighted by Gasteiger charge is 2.32. The fourth-order valence-corrected chi connectivity index (χ4v) is 6.33. The summed E-state index contributed by atoms with van der Waals surface area (Å²) < 4.78 is 15.5. The third-order valence-electron chi connectivity index (χ3n) is 8.77. The minimum Gasteiger partial charge on any atom is -0.477 e. The third kappa shape index (κ3) is 6.04. The topological polar surface area (TPSA) is 128 Å². The molecule has 1 atom stereocenters. The number of morpholine rings is 1. The Morgan fingerprint density at radius 1 is 1.07 bits per heavy atom. The van der Waals surface area contributed by atoms with E-state index in [1.54, 1.807) is 23.0 Å². The van der Waals surface area contributed by atoms with Gasteiger partial charge in [0, 0.05) is 43.6 Å². The van der Waals surface area contributed by atoms with E-state index in [4.69, 9.17) is 19.4 Å². The van der Waals surface area contributed by atoms with Crippen molar-refractivity contribution in [3.63, 3.8) is 0 Å². The monoisotopic (exact) mass is 598 g/mol. The standard InChI is InChI=1S/C32H38N8O4/c1-20-14-23-15-26(34-20)25-17-33-38(2)31(25)44-11-3-4-22(21-5-6-21)18-40-28-8-7-24(16-27(28)36-32(40)37-30(23)42)35-29(41)19-39-9-12-43-13-10-39/h7-8,14-17,21-22H,3-6,9-13,18-19H2,1-2H3,(H,35,41)(H,36,37,42). The Bertz CT molecular complexity index is 1700. The molecule has 1 unspecified atom stereocenters. The number of anilines is 2. The van der Waals surface area contributed by atoms with Crippen LogP contribution in [-0.2, 0) is 23.1 Å². The molecule has 12 heteroatoms. The van der Waals surface area contributed by atoms with Crippen molar-refractivity contribution < 1.29 is 19.1 Å². The van der Waals surface area contributed by atoms with Gasteiger partial charge in [0.2, 0.25) is 17.7 Å². The number of amides is 2. The molecule has 3 aliphatic rings. The van der Waals surface area contributed by atoms with Crippen LogP contribution in [0.2, 0.25) is 0 Å². The summed E-state index contributed by atoms with van der Waals surface area (Å²) in [5.74, 6) is 1.87. The molecule has 2 bridgehead atoms. The van der Waals surface area contributed by atoms with E-state index in [0.29, 0.717) is 72.7 Å². The highest BCUT2D eigenvalue weighted by Crippen LogP contribution is 2.41. The molecule has 4 aromatic rings. The fraction of sp³-hybridized carbons (Fsp3) is 0.469. The van der Waals surface area contributed by atoms with Gasteiger partial charge in [-0.15, -0.1) is 0 Å². The summed E-state index contributed by atoms with van der Waals surface area (Å²) in [5.41, 5.74) is 4.90. The molecule has 12 nitrogen and oxygen atoms in total. The van der Waals surface area contributed by atoms with Gasteiger partial charge >= 0.3 is 0 Å². The van der Waals surface area contributed by atoms with Crippen LogP contribution in [0.5, 0.6) is 5.88 Å². The second kappa shape index (κ2) is 12.0. The van der Waals surface area contributed by atoms with Crippen molar-refractivity contribution in [2.45, 2.75) is 39.2 Å². The number of imidazole rings is 1. The van der Waals surface area contributed by atoms with Gasteiger partial charge in [0.05, 0.1) is 54.9 Å². The smallest absolute Gasteiger partial charge is 0.258 e. The zero-order valence-electron chi connectivity index (χ0n) is 25.2. The largest absolute Gasteiger partial charge is 0.477 e. The van der Waals surface area contributed by atoms with Crippen LogP contribution in [0.15, 0.2) is 36.5 Å². The van der Waals surface area contributed by atoms with E-state index < -0.39 is 0 Å². The highest BCUT2D eigenvalue weighted by atomic mass is 16.5. The normalized spacial score (nSPS) is 19.7. The van der Waals surface area contributed by atoms with E-state index in [1.165, 1.54) is 12.8 Å². The van der Waals surface area contributed by atoms with E-state index in [2.05, 4.69) is 25.2 Å². The molecule has 1 aromatic carbocycles. The van der Waals surface area contributed by atoms with E-state index in [9.17, 15) is 9.59 Å². The lowest BCUT2D eigenvalue weighted by Gasteiger charge is -2.25. The molecule has 3 aromatic heterocycles. The maximum absolute atomic E-state index is 13.7. The lowest BCUT2D eigenvalue weighted by Crippen LogP contribution is -2.41. The van der Waals surface area contributed by atoms with Gasteiger partial charge in [0.25, 0.3) is 5.91 Å². The number of carbonyl (C=O) groups excluding carboxylic acids is 2. The first-order valence-electron chi connectivity index (χ1n) is 15.5. The Morgan fingerprint density at radius 2 is 1.91 bits per heavy atom. The number of rotatable bonds is 4. The number of benzene rings is 1. The summed E-state index contributed by atoms with van der Waals surface area (Å²) in [6, 6.07) is 9.33. The van der Waals surface area contributed by atoms with Crippen molar-refractivity contribution in [2.24, 2.45) is 18.9 Å². The number of carbonyl (C=O) groups is 2. The Balaban J connectivity index is 1.22. The van der Waals surface area contributed by atoms with Crippen molar-refractivity contribution in [1.82, 2.24) is 29.2 Å². The Hall–Kier alpha value is -4.29. The van der Waals surface area contributed by atoms with E-state index >= 15 is 0 Å². The summed E-state index contributed by atoms with van der Waals surface area (Å²) >= 11 is 0. The van der Waals surface area contributed by atoms with Gasteiger partial charge in [0.15, 0.2) is 0 Å². The fourth-order valence-electron chi connectivity index (χ4n) is 6.33. The molecule has 1 aliphatic carbocycles. The van der Waals surface area contributed by atoms with Crippen LogP contribution in [0, 0.1) is 18.8 Å². The van der Waals surface area contributed by atoms with E-state index in [1.807, 2.05) is 32.2 Å². The molecule has 2 N–H and O–H groups in total. The average molecular weight is 599 g/mol. The number of fused-ring (bicyclic) bond motifs is 7. The number of aromatic nitrogens is 5. The van der Waals surface area contributed by atoms with Crippen molar-refractivity contribution in [3.8, 4) is 17.1 Å². The van der Waals surface area contributed by atoms with Gasteiger partial charge in [-0.2, -0.15) is 5.10 Å². The first-order valence-corrected chi connectivity index (χ1v) is 15.5. The van der Waals surface area contributed by atoms with Crippen LogP contribution in [0.4, 0.5) is 11.6 Å². The summed E-state index contributed by atoms with van der Waals surface area (Å²) in [6.45, 7) is 6.27. The van der Waals surface area contributed by atoms with E-state index in [-0.39, 0.29) is 11.8 Å². The third-order valence-corrected chi connectivity index (χ3v) is 8.77. The zero-order valence-corrected chi connectivity index (χ0v) is 25.2. The summed E-state index contributed by atoms with van der Waals surface area (Å²) in [5, 5.41) is 10.5. The molecule has 1 saturated carbocycles. The van der Waals surface area contributed by atoms with Crippen molar-refractivity contribution in [3.05, 3.63) is 47.8 Å². The van der Waals surface area contributed by atoms with Crippen LogP contribution >= 0.6 is 0 Å². The maximum atomic E-state index is 13.7. The van der Waals surface area contributed by atoms with Gasteiger partial charge in [-0.25, -0.2) is 9.67 Å². The predicted molar refractivity (Wildman–Crippen MR) is 166 cm³/mol. The summed E-state index contributed by atoms with van der Waals surface area (Å²) in [6.07, 6.45) is 6.04. The van der Waals surface area contributed by atoms with Gasteiger partial charge in [-0.3, -0.25) is 24.8 Å². The molecule has 44 heavy (non-hydrogen) atoms. The molecular weight excluding hydrogens is 560 g/mol. The number of aryl methyl sites for hydroxylation is 2. The van der Waals surface area contributed by atoms with Gasteiger partial charge < -0.3 is 19.4 Å². The molecular formula is C32H38N8O4. The molecule has 2 aliphatic heterocycles. The molecule has 2 fully saturated rings. The van der Waals surface area contributed by atoms with Crippen molar-refractivity contribution >= 4 is 34.5 Å². The minimum atomic E-state index is -0.267. The van der Waals surface area contributed by atoms with E-state index in [0.717, 1.165) is 49.1 Å². The van der Waals surface area contributed by atoms with Crippen LogP contribution in [0.1, 0.15) is 41.7 Å². The van der Waals surface area contributed by atoms with Crippen LogP contribution in [0.25, 0.3) is 22.3 Å². The lowest BCUT2D eigenvalue weighted by atomic mass is 9.97. The zero-order chi connectivity index (χ0) is 30.2. The van der Waals surface area contributed by atoms with Gasteiger partial charge in [-0.1, -0.05) is 0 Å². The Labute approximate surface area is 255 Å². The number of ether oxygens (including phenoxy) is 2. The molecule has 7 rings (SSSR count). The molecule has 230 valence electrons. The number of nitrogens with zero attached hydrogens (tertiary/aromatic N) is 6.